The Balaban J connectivity index is 1.49. The molecule has 5 rings (SSSR count). The normalized spacial score (nSPS) is 57.9. The van der Waals surface area contributed by atoms with Gasteiger partial charge in [-0.25, -0.2) is 0 Å². The van der Waals surface area contributed by atoms with Crippen LogP contribution in [0.2, 0.25) is 0 Å². The Bertz CT molecular complexity index is 850. The molecular weight excluding hydrogens is 440 g/mol. The standard InChI is InChI=1S/C30H52O5/c1-25(2)20-10-14-28(6)21(27(20,5)12-11-22(25)33)15-18(31)23-17(9-13-29(23,28)7)30(8)16-19(32)24(35-30)26(3,4)34/h17-24,31-34H,9-16H2,1-8H3/t17-,18?,19?,20-,21+,22?,23-,24?,27-,28+,29+,30-/m0/s1. The molecule has 0 spiro atoms. The lowest BCUT2D eigenvalue weighted by Crippen LogP contribution is -2.66. The number of hydrogen-bond acceptors (Lipinski definition) is 5. The van der Waals surface area contributed by atoms with Gasteiger partial charge in [-0.3, -0.25) is 0 Å². The SMILES string of the molecule is CC(C)(O)C1O[C@](C)([C@H]2CC[C@]3(C)[C@@H]2C(O)C[C@@H]2[C@@]4(C)CCC(O)C(C)(C)[C@@H]4CC[C@]23C)CC1O. The second-order valence-electron chi connectivity index (χ2n) is 15.6. The molecule has 5 fully saturated rings. The zero-order valence-electron chi connectivity index (χ0n) is 23.5. The molecule has 0 aromatic rings. The summed E-state index contributed by atoms with van der Waals surface area (Å²) < 4.78 is 6.53. The van der Waals surface area contributed by atoms with Crippen molar-refractivity contribution in [2.45, 2.75) is 142 Å². The van der Waals surface area contributed by atoms with Gasteiger partial charge in [0.25, 0.3) is 0 Å². The van der Waals surface area contributed by atoms with E-state index in [0.29, 0.717) is 18.3 Å². The Hall–Kier alpha value is -0.200. The molecule has 202 valence electrons. The van der Waals surface area contributed by atoms with Crippen LogP contribution in [-0.2, 0) is 4.74 Å². The second-order valence-corrected chi connectivity index (χ2v) is 15.6. The van der Waals surface area contributed by atoms with Crippen molar-refractivity contribution in [2.75, 3.05) is 0 Å². The molecule has 0 aromatic heterocycles. The smallest absolute Gasteiger partial charge is 0.112 e. The highest BCUT2D eigenvalue weighted by Gasteiger charge is 2.72. The highest BCUT2D eigenvalue weighted by molar-refractivity contribution is 5.20. The molecule has 1 aliphatic heterocycles. The molecule has 12 atom stereocenters. The molecule has 5 aliphatic rings. The lowest BCUT2D eigenvalue weighted by atomic mass is 9.35. The van der Waals surface area contributed by atoms with Gasteiger partial charge in [0, 0.05) is 6.42 Å². The van der Waals surface area contributed by atoms with E-state index >= 15 is 0 Å². The predicted molar refractivity (Wildman–Crippen MR) is 137 cm³/mol. The van der Waals surface area contributed by atoms with E-state index < -0.39 is 29.5 Å². The molecule has 0 aromatic carbocycles. The summed E-state index contributed by atoms with van der Waals surface area (Å²) >= 11 is 0. The summed E-state index contributed by atoms with van der Waals surface area (Å²) in [5.74, 6) is 1.20. The number of aliphatic hydroxyl groups is 4. The zero-order chi connectivity index (χ0) is 26.0. The van der Waals surface area contributed by atoms with Crippen LogP contribution >= 0.6 is 0 Å². The predicted octanol–water partition coefficient (Wildman–Crippen LogP) is 4.68. The van der Waals surface area contributed by atoms with Gasteiger partial charge in [0.15, 0.2) is 0 Å². The van der Waals surface area contributed by atoms with E-state index in [2.05, 4.69) is 41.5 Å². The first kappa shape index (κ1) is 26.4. The van der Waals surface area contributed by atoms with E-state index in [-0.39, 0.29) is 39.6 Å². The maximum Gasteiger partial charge on any atom is 0.112 e. The molecule has 1 heterocycles. The molecule has 5 nitrogen and oxygen atoms in total. The van der Waals surface area contributed by atoms with Crippen LogP contribution in [0.3, 0.4) is 0 Å². The Labute approximate surface area is 213 Å². The van der Waals surface area contributed by atoms with Gasteiger partial charge in [0.2, 0.25) is 0 Å². The summed E-state index contributed by atoms with van der Waals surface area (Å²) in [5, 5.41) is 44.3. The van der Waals surface area contributed by atoms with Crippen molar-refractivity contribution >= 4 is 0 Å². The average molecular weight is 493 g/mol. The lowest BCUT2D eigenvalue weighted by Gasteiger charge is -2.70. The highest BCUT2D eigenvalue weighted by atomic mass is 16.5. The molecule has 4 saturated carbocycles. The molecule has 0 radical (unpaired) electrons. The van der Waals surface area contributed by atoms with Crippen molar-refractivity contribution in [3.8, 4) is 0 Å². The van der Waals surface area contributed by atoms with Crippen LogP contribution in [0.5, 0.6) is 0 Å². The van der Waals surface area contributed by atoms with Crippen LogP contribution in [0.1, 0.15) is 107 Å². The van der Waals surface area contributed by atoms with Gasteiger partial charge >= 0.3 is 0 Å². The summed E-state index contributed by atoms with van der Waals surface area (Å²) in [4.78, 5) is 0. The minimum absolute atomic E-state index is 0.00166. The van der Waals surface area contributed by atoms with Crippen LogP contribution < -0.4 is 0 Å². The van der Waals surface area contributed by atoms with Gasteiger partial charge in [-0.2, -0.15) is 0 Å². The Morgan fingerprint density at radius 1 is 0.771 bits per heavy atom. The largest absolute Gasteiger partial charge is 0.393 e. The van der Waals surface area contributed by atoms with E-state index in [9.17, 15) is 20.4 Å². The Morgan fingerprint density at radius 3 is 2.00 bits per heavy atom. The monoisotopic (exact) mass is 492 g/mol. The summed E-state index contributed by atoms with van der Waals surface area (Å²) in [6, 6.07) is 0. The van der Waals surface area contributed by atoms with Crippen molar-refractivity contribution in [1.29, 1.82) is 0 Å². The number of rotatable bonds is 2. The third-order valence-corrected chi connectivity index (χ3v) is 13.2. The first-order valence-electron chi connectivity index (χ1n) is 14.4. The lowest BCUT2D eigenvalue weighted by molar-refractivity contribution is -0.249. The second kappa shape index (κ2) is 7.68. The number of fused-ring (bicyclic) bond motifs is 5. The fourth-order valence-corrected chi connectivity index (χ4v) is 11.2. The highest BCUT2D eigenvalue weighted by Crippen LogP contribution is 2.76. The van der Waals surface area contributed by atoms with Gasteiger partial charge in [-0.05, 0) is 111 Å². The first-order chi connectivity index (χ1) is 15.9. The van der Waals surface area contributed by atoms with Gasteiger partial charge in [-0.15, -0.1) is 0 Å². The summed E-state index contributed by atoms with van der Waals surface area (Å²) in [6.07, 6.45) is 5.65. The van der Waals surface area contributed by atoms with Crippen molar-refractivity contribution in [3.05, 3.63) is 0 Å². The fraction of sp³-hybridized carbons (Fsp3) is 1.00. The Kier molecular flexibility index (Phi) is 5.80. The van der Waals surface area contributed by atoms with Gasteiger partial charge in [-0.1, -0.05) is 34.6 Å². The molecule has 0 bridgehead atoms. The van der Waals surface area contributed by atoms with Crippen LogP contribution in [0.25, 0.3) is 0 Å². The van der Waals surface area contributed by atoms with Crippen molar-refractivity contribution < 1.29 is 25.2 Å². The third kappa shape index (κ3) is 3.36. The van der Waals surface area contributed by atoms with E-state index in [0.717, 1.165) is 44.9 Å². The topological polar surface area (TPSA) is 90.2 Å². The van der Waals surface area contributed by atoms with E-state index in [4.69, 9.17) is 4.74 Å². The fourth-order valence-electron chi connectivity index (χ4n) is 11.2. The van der Waals surface area contributed by atoms with Crippen LogP contribution in [0.15, 0.2) is 0 Å². The summed E-state index contributed by atoms with van der Waals surface area (Å²) in [6.45, 7) is 17.5. The quantitative estimate of drug-likeness (QED) is 0.449. The minimum Gasteiger partial charge on any atom is -0.393 e. The molecular formula is C30H52O5. The molecule has 35 heavy (non-hydrogen) atoms. The van der Waals surface area contributed by atoms with Gasteiger partial charge in [0.05, 0.1) is 29.5 Å². The van der Waals surface area contributed by atoms with Gasteiger partial charge in [0.1, 0.15) is 6.10 Å². The summed E-state index contributed by atoms with van der Waals surface area (Å²) in [7, 11) is 0. The van der Waals surface area contributed by atoms with E-state index in [1.807, 2.05) is 0 Å². The number of ether oxygens (including phenoxy) is 1. The maximum atomic E-state index is 11.9. The van der Waals surface area contributed by atoms with Gasteiger partial charge < -0.3 is 25.2 Å². The van der Waals surface area contributed by atoms with E-state index in [1.54, 1.807) is 13.8 Å². The molecule has 0 amide bonds. The average Bonchev–Trinajstić information content (AvgIpc) is 3.26. The van der Waals surface area contributed by atoms with Crippen molar-refractivity contribution in [1.82, 2.24) is 0 Å². The van der Waals surface area contributed by atoms with Crippen LogP contribution in [0, 0.1) is 45.3 Å². The zero-order valence-corrected chi connectivity index (χ0v) is 23.5. The molecule has 4 N–H and O–H groups in total. The minimum atomic E-state index is -1.10. The Morgan fingerprint density at radius 2 is 1.40 bits per heavy atom. The third-order valence-electron chi connectivity index (χ3n) is 13.2. The van der Waals surface area contributed by atoms with Crippen LogP contribution in [0.4, 0.5) is 0 Å². The summed E-state index contributed by atoms with van der Waals surface area (Å²) in [5.41, 5.74) is -1.50. The number of hydrogen-bond donors (Lipinski definition) is 4. The first-order valence-corrected chi connectivity index (χ1v) is 14.4. The van der Waals surface area contributed by atoms with E-state index in [1.165, 1.54) is 0 Å². The molecule has 1 saturated heterocycles. The molecule has 4 aliphatic carbocycles. The maximum absolute atomic E-state index is 11.9. The van der Waals surface area contributed by atoms with Crippen molar-refractivity contribution in [2.24, 2.45) is 45.3 Å². The van der Waals surface area contributed by atoms with Crippen molar-refractivity contribution in [3.63, 3.8) is 0 Å². The molecule has 4 unspecified atom stereocenters. The van der Waals surface area contributed by atoms with Crippen LogP contribution in [-0.4, -0.2) is 56.0 Å². The molecule has 5 heteroatoms. The number of aliphatic hydroxyl groups excluding tert-OH is 3.